The van der Waals surface area contributed by atoms with Crippen molar-refractivity contribution in [3.05, 3.63) is 63.1 Å². The van der Waals surface area contributed by atoms with E-state index in [1.54, 1.807) is 0 Å². The first kappa shape index (κ1) is 26.5. The van der Waals surface area contributed by atoms with E-state index in [-0.39, 0.29) is 36.7 Å². The van der Waals surface area contributed by atoms with Crippen LogP contribution in [-0.4, -0.2) is 38.4 Å². The lowest BCUT2D eigenvalue weighted by atomic mass is 10.1. The van der Waals surface area contributed by atoms with E-state index < -0.39 is 44.7 Å². The third-order valence-electron chi connectivity index (χ3n) is 4.15. The number of rotatable bonds is 10. The van der Waals surface area contributed by atoms with Crippen LogP contribution in [0.2, 0.25) is 0 Å². The van der Waals surface area contributed by atoms with E-state index in [2.05, 4.69) is 20.2 Å². The molecule has 1 amide bonds. The van der Waals surface area contributed by atoms with Crippen molar-refractivity contribution in [3.8, 4) is 0 Å². The number of anilines is 1. The summed E-state index contributed by atoms with van der Waals surface area (Å²) in [6.07, 6.45) is -5.01. The van der Waals surface area contributed by atoms with Crippen LogP contribution in [0.4, 0.5) is 18.9 Å². The van der Waals surface area contributed by atoms with Gasteiger partial charge in [-0.3, -0.25) is 14.3 Å². The Bertz CT molecular complexity index is 1220. The van der Waals surface area contributed by atoms with Crippen molar-refractivity contribution < 1.29 is 31.2 Å². The molecule has 1 aromatic heterocycles. The Morgan fingerprint density at radius 2 is 1.94 bits per heavy atom. The summed E-state index contributed by atoms with van der Waals surface area (Å²) in [4.78, 5) is 31.8. The van der Waals surface area contributed by atoms with Gasteiger partial charge in [0.05, 0.1) is 24.3 Å². The maximum Gasteiger partial charge on any atom is 0.416 e. The minimum absolute atomic E-state index is 0.0222. The van der Waals surface area contributed by atoms with E-state index in [4.69, 9.17) is 16.3 Å². The van der Waals surface area contributed by atoms with E-state index in [0.717, 1.165) is 12.1 Å². The van der Waals surface area contributed by atoms with E-state index in [0.29, 0.717) is 11.8 Å². The summed E-state index contributed by atoms with van der Waals surface area (Å²) in [6, 6.07) is 5.22. The molecule has 0 fully saturated rings. The Balaban J connectivity index is 2.17. The summed E-state index contributed by atoms with van der Waals surface area (Å²) < 4.78 is 66.0. The molecule has 34 heavy (non-hydrogen) atoms. The Morgan fingerprint density at radius 3 is 2.59 bits per heavy atom. The number of benzene rings is 1. The van der Waals surface area contributed by atoms with Crippen LogP contribution in [0.3, 0.4) is 0 Å². The Kier molecular flexibility index (Phi) is 8.51. The molecule has 11 nitrogen and oxygen atoms in total. The molecular weight excluding hydrogens is 481 g/mol. The second kappa shape index (κ2) is 10.9. The molecule has 0 aliphatic rings. The normalized spacial score (nSPS) is 11.5. The SMILES string of the molecule is Cc1cc(CC(=O)NCCON=C(N)N)c(NS(=O)(=O)Cc2cccc(C(F)(F)F)c2)c(=O)[nH]1. The van der Waals surface area contributed by atoms with Gasteiger partial charge in [0, 0.05) is 5.69 Å². The zero-order valence-electron chi connectivity index (χ0n) is 17.9. The first-order chi connectivity index (χ1) is 15.8. The molecule has 2 rings (SSSR count). The number of guanidine groups is 1. The molecule has 0 spiro atoms. The van der Waals surface area contributed by atoms with Gasteiger partial charge in [-0.2, -0.15) is 13.2 Å². The fourth-order valence-corrected chi connectivity index (χ4v) is 4.07. The molecule has 2 aromatic rings. The number of halogens is 3. The van der Waals surface area contributed by atoms with Gasteiger partial charge in [-0.1, -0.05) is 18.2 Å². The van der Waals surface area contributed by atoms with Crippen molar-refractivity contribution in [2.75, 3.05) is 17.9 Å². The minimum atomic E-state index is -4.64. The van der Waals surface area contributed by atoms with Crippen molar-refractivity contribution in [3.63, 3.8) is 0 Å². The largest absolute Gasteiger partial charge is 0.416 e. The summed E-state index contributed by atoms with van der Waals surface area (Å²) in [5, 5.41) is 5.76. The first-order valence-electron chi connectivity index (χ1n) is 9.64. The lowest BCUT2D eigenvalue weighted by Gasteiger charge is -2.14. The molecule has 186 valence electrons. The van der Waals surface area contributed by atoms with E-state index in [9.17, 15) is 31.2 Å². The predicted octanol–water partition coefficient (Wildman–Crippen LogP) is 0.508. The molecule has 1 heterocycles. The molecule has 0 radical (unpaired) electrons. The van der Waals surface area contributed by atoms with E-state index >= 15 is 0 Å². The number of carbonyl (C=O) groups is 1. The van der Waals surface area contributed by atoms with Crippen molar-refractivity contribution >= 4 is 27.6 Å². The average Bonchev–Trinajstić information content (AvgIpc) is 2.69. The zero-order chi connectivity index (χ0) is 25.5. The number of sulfonamides is 1. The molecule has 0 saturated heterocycles. The number of aromatic amines is 1. The number of aryl methyl sites for hydroxylation is 1. The molecule has 0 atom stereocenters. The Morgan fingerprint density at radius 1 is 1.24 bits per heavy atom. The molecule has 15 heteroatoms. The maximum absolute atomic E-state index is 12.9. The van der Waals surface area contributed by atoms with Gasteiger partial charge in [0.25, 0.3) is 5.56 Å². The first-order valence-corrected chi connectivity index (χ1v) is 11.3. The number of H-pyrrole nitrogens is 1. The fourth-order valence-electron chi connectivity index (χ4n) is 2.85. The van der Waals surface area contributed by atoms with Gasteiger partial charge in [-0.15, -0.1) is 0 Å². The second-order valence-corrected chi connectivity index (χ2v) is 8.84. The van der Waals surface area contributed by atoms with Crippen LogP contribution in [-0.2, 0) is 38.0 Å². The summed E-state index contributed by atoms with van der Waals surface area (Å²) in [6.45, 7) is 1.51. The minimum Gasteiger partial charge on any atom is -0.391 e. The molecule has 1 aromatic carbocycles. The quantitative estimate of drug-likeness (QED) is 0.135. The molecule has 0 aliphatic heterocycles. The topological polar surface area (TPSA) is 182 Å². The highest BCUT2D eigenvalue weighted by Gasteiger charge is 2.30. The van der Waals surface area contributed by atoms with Crippen LogP contribution >= 0.6 is 0 Å². The van der Waals surface area contributed by atoms with Crippen LogP contribution < -0.4 is 27.1 Å². The van der Waals surface area contributed by atoms with Gasteiger partial charge in [0.15, 0.2) is 0 Å². The predicted molar refractivity (Wildman–Crippen MR) is 118 cm³/mol. The van der Waals surface area contributed by atoms with Gasteiger partial charge in [0.1, 0.15) is 12.3 Å². The smallest absolute Gasteiger partial charge is 0.391 e. The maximum atomic E-state index is 12.9. The van der Waals surface area contributed by atoms with Crippen LogP contribution in [0.25, 0.3) is 0 Å². The van der Waals surface area contributed by atoms with E-state index in [1.165, 1.54) is 19.1 Å². The number of amides is 1. The van der Waals surface area contributed by atoms with Crippen molar-refractivity contribution in [2.24, 2.45) is 16.6 Å². The molecule has 0 saturated carbocycles. The highest BCUT2D eigenvalue weighted by Crippen LogP contribution is 2.30. The summed E-state index contributed by atoms with van der Waals surface area (Å²) >= 11 is 0. The summed E-state index contributed by atoms with van der Waals surface area (Å²) in [5.74, 6) is -1.68. The number of hydrogen-bond acceptors (Lipinski definition) is 6. The van der Waals surface area contributed by atoms with Gasteiger partial charge >= 0.3 is 6.18 Å². The van der Waals surface area contributed by atoms with Crippen LogP contribution in [0.1, 0.15) is 22.4 Å². The highest BCUT2D eigenvalue weighted by atomic mass is 32.2. The van der Waals surface area contributed by atoms with Crippen LogP contribution in [0.15, 0.2) is 40.3 Å². The molecule has 0 aliphatic carbocycles. The lowest BCUT2D eigenvalue weighted by Crippen LogP contribution is -2.30. The standard InChI is InChI=1S/C19H23F3N6O5S/c1-11-7-13(9-15(29)25-5-6-33-27-18(23)24)16(17(30)26-11)28-34(31,32)10-12-3-2-4-14(8-12)19(20,21)22/h2-4,7-8,28H,5-6,9-10H2,1H3,(H,25,29)(H,26,30)(H4,23,24,27). The van der Waals surface area contributed by atoms with Gasteiger partial charge in [-0.25, -0.2) is 8.42 Å². The Labute approximate surface area is 192 Å². The van der Waals surface area contributed by atoms with Crippen LogP contribution in [0.5, 0.6) is 0 Å². The number of carbonyl (C=O) groups excluding carboxylic acids is 1. The van der Waals surface area contributed by atoms with Gasteiger partial charge < -0.3 is 26.6 Å². The number of pyridine rings is 1. The molecule has 0 bridgehead atoms. The number of nitrogens with zero attached hydrogens (tertiary/aromatic N) is 1. The number of alkyl halides is 3. The number of aromatic nitrogens is 1. The third kappa shape index (κ3) is 8.31. The number of oxime groups is 1. The second-order valence-electron chi connectivity index (χ2n) is 7.12. The lowest BCUT2D eigenvalue weighted by molar-refractivity contribution is -0.137. The monoisotopic (exact) mass is 504 g/mol. The molecule has 7 N–H and O–H groups in total. The number of nitrogens with one attached hydrogen (secondary N) is 3. The summed E-state index contributed by atoms with van der Waals surface area (Å²) in [5.41, 5.74) is 8.23. The fraction of sp³-hybridized carbons (Fsp3) is 0.316. The molecular formula is C19H23F3N6O5S. The van der Waals surface area contributed by atoms with Gasteiger partial charge in [0.2, 0.25) is 21.9 Å². The summed E-state index contributed by atoms with van der Waals surface area (Å²) in [7, 11) is -4.30. The third-order valence-corrected chi connectivity index (χ3v) is 5.38. The van der Waals surface area contributed by atoms with E-state index in [1.807, 2.05) is 0 Å². The number of nitrogens with two attached hydrogens (primary N) is 2. The van der Waals surface area contributed by atoms with Crippen LogP contribution in [0, 0.1) is 6.92 Å². The van der Waals surface area contributed by atoms with Gasteiger partial charge in [-0.05, 0) is 35.3 Å². The zero-order valence-corrected chi connectivity index (χ0v) is 18.7. The van der Waals surface area contributed by atoms with Crippen molar-refractivity contribution in [1.29, 1.82) is 0 Å². The number of hydrogen-bond donors (Lipinski definition) is 5. The van der Waals surface area contributed by atoms with Crippen molar-refractivity contribution in [2.45, 2.75) is 25.3 Å². The molecule has 0 unspecified atom stereocenters. The highest BCUT2D eigenvalue weighted by molar-refractivity contribution is 7.91. The van der Waals surface area contributed by atoms with Crippen molar-refractivity contribution in [1.82, 2.24) is 10.3 Å². The average molecular weight is 504 g/mol. The Hall–Kier alpha value is -3.75.